The van der Waals surface area contributed by atoms with Gasteiger partial charge in [-0.2, -0.15) is 0 Å². The summed E-state index contributed by atoms with van der Waals surface area (Å²) < 4.78 is 5.35. The van der Waals surface area contributed by atoms with Crippen LogP contribution >= 0.6 is 0 Å². The van der Waals surface area contributed by atoms with E-state index in [9.17, 15) is 9.90 Å². The first-order chi connectivity index (χ1) is 7.70. The van der Waals surface area contributed by atoms with Crippen LogP contribution < -0.4 is 5.32 Å². The largest absolute Gasteiger partial charge is 0.444 e. The van der Waals surface area contributed by atoms with Crippen LogP contribution in [0, 0.1) is 0 Å². The minimum Gasteiger partial charge on any atom is -0.444 e. The van der Waals surface area contributed by atoms with E-state index in [1.54, 1.807) is 11.8 Å². The first-order valence-electron chi connectivity index (χ1n) is 6.12. The van der Waals surface area contributed by atoms with Gasteiger partial charge in [-0.1, -0.05) is 0 Å². The molecule has 1 unspecified atom stereocenters. The number of piperazine rings is 1. The molecule has 0 bridgehead atoms. The molecule has 0 aromatic rings. The molecule has 2 N–H and O–H groups in total. The maximum Gasteiger partial charge on any atom is 0.410 e. The first-order valence-corrected chi connectivity index (χ1v) is 6.12. The van der Waals surface area contributed by atoms with E-state index in [1.807, 2.05) is 27.7 Å². The van der Waals surface area contributed by atoms with Gasteiger partial charge in [-0.15, -0.1) is 0 Å². The predicted octanol–water partition coefficient (Wildman–Crippen LogP) is 0.965. The SMILES string of the molecule is CC1CN[C@H]([C@H](C)O)CN1C(=O)OC(C)(C)C. The van der Waals surface area contributed by atoms with Gasteiger partial charge in [0.05, 0.1) is 12.1 Å². The number of hydrogen-bond donors (Lipinski definition) is 2. The molecular weight excluding hydrogens is 220 g/mol. The molecule has 5 nitrogen and oxygen atoms in total. The second kappa shape index (κ2) is 5.23. The summed E-state index contributed by atoms with van der Waals surface area (Å²) in [6.45, 7) is 10.4. The third-order valence-electron chi connectivity index (χ3n) is 2.81. The van der Waals surface area contributed by atoms with Gasteiger partial charge in [0.25, 0.3) is 0 Å². The fourth-order valence-corrected chi connectivity index (χ4v) is 1.79. The van der Waals surface area contributed by atoms with E-state index in [2.05, 4.69) is 5.32 Å². The summed E-state index contributed by atoms with van der Waals surface area (Å²) >= 11 is 0. The summed E-state index contributed by atoms with van der Waals surface area (Å²) in [4.78, 5) is 13.7. The third-order valence-corrected chi connectivity index (χ3v) is 2.81. The van der Waals surface area contributed by atoms with Crippen molar-refractivity contribution in [1.82, 2.24) is 10.2 Å². The van der Waals surface area contributed by atoms with E-state index in [1.165, 1.54) is 0 Å². The Hall–Kier alpha value is -0.810. The summed E-state index contributed by atoms with van der Waals surface area (Å²) in [5.41, 5.74) is -0.484. The van der Waals surface area contributed by atoms with Gasteiger partial charge in [0.2, 0.25) is 0 Å². The molecule has 5 heteroatoms. The highest BCUT2D eigenvalue weighted by Crippen LogP contribution is 2.15. The minimum atomic E-state index is -0.484. The topological polar surface area (TPSA) is 61.8 Å². The highest BCUT2D eigenvalue weighted by atomic mass is 16.6. The Morgan fingerprint density at radius 1 is 1.53 bits per heavy atom. The van der Waals surface area contributed by atoms with E-state index >= 15 is 0 Å². The highest BCUT2D eigenvalue weighted by molar-refractivity contribution is 5.68. The first kappa shape index (κ1) is 14.3. The van der Waals surface area contributed by atoms with Crippen molar-refractivity contribution in [2.75, 3.05) is 13.1 Å². The van der Waals surface area contributed by atoms with Crippen LogP contribution in [0.15, 0.2) is 0 Å². The average Bonchev–Trinajstić information content (AvgIpc) is 2.14. The van der Waals surface area contributed by atoms with Crippen LogP contribution in [-0.4, -0.2) is 53.0 Å². The van der Waals surface area contributed by atoms with Crippen molar-refractivity contribution in [3.8, 4) is 0 Å². The molecule has 1 saturated heterocycles. The van der Waals surface area contributed by atoms with Crippen molar-refractivity contribution in [3.05, 3.63) is 0 Å². The Kier molecular flexibility index (Phi) is 4.38. The number of nitrogens with one attached hydrogen (secondary N) is 1. The van der Waals surface area contributed by atoms with Gasteiger partial charge >= 0.3 is 6.09 Å². The normalized spacial score (nSPS) is 27.8. The lowest BCUT2D eigenvalue weighted by atomic mass is 10.1. The van der Waals surface area contributed by atoms with Gasteiger partial charge in [-0.3, -0.25) is 0 Å². The van der Waals surface area contributed by atoms with E-state index in [4.69, 9.17) is 4.74 Å². The summed E-state index contributed by atoms with van der Waals surface area (Å²) in [6.07, 6.45) is -0.787. The van der Waals surface area contributed by atoms with Crippen LogP contribution in [-0.2, 0) is 4.74 Å². The van der Waals surface area contributed by atoms with Crippen molar-refractivity contribution < 1.29 is 14.6 Å². The quantitative estimate of drug-likeness (QED) is 0.721. The molecule has 0 aromatic heterocycles. The van der Waals surface area contributed by atoms with Crippen LogP contribution in [0.5, 0.6) is 0 Å². The van der Waals surface area contributed by atoms with Crippen molar-refractivity contribution in [2.45, 2.75) is 58.4 Å². The van der Waals surface area contributed by atoms with E-state index < -0.39 is 11.7 Å². The Bertz CT molecular complexity index is 273. The number of aliphatic hydroxyl groups is 1. The summed E-state index contributed by atoms with van der Waals surface area (Å²) in [5, 5.41) is 12.8. The second-order valence-corrected chi connectivity index (χ2v) is 5.74. The van der Waals surface area contributed by atoms with Gasteiger partial charge < -0.3 is 20.1 Å². The van der Waals surface area contributed by atoms with Gasteiger partial charge in [0.15, 0.2) is 0 Å². The summed E-state index contributed by atoms with van der Waals surface area (Å²) in [6, 6.07) is -0.00133. The lowest BCUT2D eigenvalue weighted by Gasteiger charge is -2.40. The predicted molar refractivity (Wildman–Crippen MR) is 65.9 cm³/mol. The number of carbonyl (C=O) groups excluding carboxylic acids is 1. The van der Waals surface area contributed by atoms with Crippen molar-refractivity contribution in [1.29, 1.82) is 0 Å². The molecule has 0 spiro atoms. The van der Waals surface area contributed by atoms with Gasteiger partial charge in [-0.25, -0.2) is 4.79 Å². The number of amides is 1. The van der Waals surface area contributed by atoms with Crippen LogP contribution in [0.1, 0.15) is 34.6 Å². The third kappa shape index (κ3) is 4.16. The molecule has 1 aliphatic rings. The zero-order valence-corrected chi connectivity index (χ0v) is 11.4. The van der Waals surface area contributed by atoms with Crippen LogP contribution in [0.3, 0.4) is 0 Å². The highest BCUT2D eigenvalue weighted by Gasteiger charge is 2.33. The number of ether oxygens (including phenoxy) is 1. The van der Waals surface area contributed by atoms with Crippen LogP contribution in [0.4, 0.5) is 4.79 Å². The van der Waals surface area contributed by atoms with Crippen molar-refractivity contribution in [2.24, 2.45) is 0 Å². The van der Waals surface area contributed by atoms with Gasteiger partial charge in [0, 0.05) is 19.1 Å². The van der Waals surface area contributed by atoms with Crippen molar-refractivity contribution in [3.63, 3.8) is 0 Å². The smallest absolute Gasteiger partial charge is 0.410 e. The van der Waals surface area contributed by atoms with E-state index in [0.29, 0.717) is 13.1 Å². The monoisotopic (exact) mass is 244 g/mol. The molecule has 100 valence electrons. The second-order valence-electron chi connectivity index (χ2n) is 5.74. The molecule has 1 fully saturated rings. The number of carbonyl (C=O) groups is 1. The Morgan fingerprint density at radius 2 is 2.12 bits per heavy atom. The molecule has 0 aliphatic carbocycles. The average molecular weight is 244 g/mol. The lowest BCUT2D eigenvalue weighted by molar-refractivity contribution is 0.00132. The molecule has 0 saturated carbocycles. The van der Waals surface area contributed by atoms with E-state index in [0.717, 1.165) is 0 Å². The maximum atomic E-state index is 12.0. The lowest BCUT2D eigenvalue weighted by Crippen LogP contribution is -2.60. The zero-order chi connectivity index (χ0) is 13.2. The number of rotatable bonds is 1. The Morgan fingerprint density at radius 3 is 2.59 bits per heavy atom. The number of nitrogens with zero attached hydrogens (tertiary/aromatic N) is 1. The number of aliphatic hydroxyl groups excluding tert-OH is 1. The standard InChI is InChI=1S/C12H24N2O3/c1-8-6-13-10(9(2)15)7-14(8)11(16)17-12(3,4)5/h8-10,13,15H,6-7H2,1-5H3/t8?,9-,10-/m0/s1. The molecule has 0 radical (unpaired) electrons. The van der Waals surface area contributed by atoms with Gasteiger partial charge in [0.1, 0.15) is 5.60 Å². The van der Waals surface area contributed by atoms with Crippen LogP contribution in [0.2, 0.25) is 0 Å². The number of hydrogen-bond acceptors (Lipinski definition) is 4. The van der Waals surface area contributed by atoms with Crippen LogP contribution in [0.25, 0.3) is 0 Å². The van der Waals surface area contributed by atoms with Gasteiger partial charge in [-0.05, 0) is 34.6 Å². The van der Waals surface area contributed by atoms with Crippen molar-refractivity contribution >= 4 is 6.09 Å². The fourth-order valence-electron chi connectivity index (χ4n) is 1.79. The molecule has 0 aromatic carbocycles. The molecule has 17 heavy (non-hydrogen) atoms. The zero-order valence-electron chi connectivity index (χ0n) is 11.4. The molecule has 1 aliphatic heterocycles. The fraction of sp³-hybridized carbons (Fsp3) is 0.917. The minimum absolute atomic E-state index is 0.0832. The molecule has 1 amide bonds. The summed E-state index contributed by atoms with van der Waals surface area (Å²) in [7, 11) is 0. The summed E-state index contributed by atoms with van der Waals surface area (Å²) in [5.74, 6) is 0. The Balaban J connectivity index is 2.64. The molecule has 1 rings (SSSR count). The molecular formula is C12H24N2O3. The maximum absolute atomic E-state index is 12.0. The molecule has 3 atom stereocenters. The molecule has 1 heterocycles. The van der Waals surface area contributed by atoms with E-state index in [-0.39, 0.29) is 18.2 Å². The Labute approximate surface area is 103 Å².